The molecular weight excluding hydrogens is 272 g/mol. The van der Waals surface area contributed by atoms with Crippen LogP contribution in [0.25, 0.3) is 10.9 Å². The van der Waals surface area contributed by atoms with Gasteiger partial charge in [-0.2, -0.15) is 0 Å². The second-order valence-corrected chi connectivity index (χ2v) is 6.49. The van der Waals surface area contributed by atoms with E-state index in [0.29, 0.717) is 5.88 Å². The molecule has 1 aromatic heterocycles. The van der Waals surface area contributed by atoms with E-state index < -0.39 is 5.41 Å². The number of amides is 1. The number of H-pyrrole nitrogens is 1. The third-order valence-corrected chi connectivity index (χ3v) is 4.76. The lowest BCUT2D eigenvalue weighted by molar-refractivity contribution is -0.129. The number of hydrogen-bond donors (Lipinski definition) is 2. The summed E-state index contributed by atoms with van der Waals surface area (Å²) in [6.07, 6.45) is 1.76. The average Bonchev–Trinajstić information content (AvgIpc) is 2.95. The van der Waals surface area contributed by atoms with Crippen molar-refractivity contribution in [3.8, 4) is 0 Å². The van der Waals surface area contributed by atoms with E-state index in [-0.39, 0.29) is 11.9 Å². The fraction of sp³-hybridized carbons (Fsp3) is 0.438. The number of benzene rings is 1. The molecule has 0 saturated heterocycles. The number of hydrogen-bond acceptors (Lipinski definition) is 1. The van der Waals surface area contributed by atoms with Gasteiger partial charge in [0, 0.05) is 34.9 Å². The van der Waals surface area contributed by atoms with Crippen molar-refractivity contribution in [2.75, 3.05) is 5.88 Å². The van der Waals surface area contributed by atoms with Crippen molar-refractivity contribution in [2.24, 2.45) is 5.41 Å². The van der Waals surface area contributed by atoms with Gasteiger partial charge in [0.15, 0.2) is 0 Å². The number of rotatable bonds is 3. The molecule has 1 aromatic carbocycles. The van der Waals surface area contributed by atoms with E-state index in [2.05, 4.69) is 28.5 Å². The minimum Gasteiger partial charge on any atom is -0.358 e. The SMILES string of the molecule is CC(C)(CCl)C(=O)NC1Cc2[nH]c3ccccc3c2C1. The first kappa shape index (κ1) is 13.5. The van der Waals surface area contributed by atoms with Gasteiger partial charge in [0.1, 0.15) is 0 Å². The summed E-state index contributed by atoms with van der Waals surface area (Å²) in [7, 11) is 0. The zero-order valence-corrected chi connectivity index (χ0v) is 12.6. The largest absolute Gasteiger partial charge is 0.358 e. The molecule has 1 amide bonds. The van der Waals surface area contributed by atoms with Crippen molar-refractivity contribution >= 4 is 28.4 Å². The van der Waals surface area contributed by atoms with E-state index in [1.165, 1.54) is 22.2 Å². The van der Waals surface area contributed by atoms with Crippen LogP contribution in [0.3, 0.4) is 0 Å². The molecular formula is C16H19ClN2O. The lowest BCUT2D eigenvalue weighted by atomic mass is 9.94. The van der Waals surface area contributed by atoms with Crippen LogP contribution in [-0.4, -0.2) is 22.8 Å². The predicted octanol–water partition coefficient (Wildman–Crippen LogP) is 3.02. The van der Waals surface area contributed by atoms with E-state index in [4.69, 9.17) is 11.6 Å². The van der Waals surface area contributed by atoms with Crippen LogP contribution >= 0.6 is 11.6 Å². The lowest BCUT2D eigenvalue weighted by Crippen LogP contribution is -2.44. The number of halogens is 1. The Labute approximate surface area is 123 Å². The Kier molecular flexibility index (Phi) is 3.25. The number of carbonyl (C=O) groups excluding carboxylic acids is 1. The number of fused-ring (bicyclic) bond motifs is 3. The summed E-state index contributed by atoms with van der Waals surface area (Å²) in [4.78, 5) is 15.6. The molecule has 0 radical (unpaired) electrons. The highest BCUT2D eigenvalue weighted by Gasteiger charge is 2.32. The monoisotopic (exact) mass is 290 g/mol. The van der Waals surface area contributed by atoms with Gasteiger partial charge in [-0.15, -0.1) is 11.6 Å². The Morgan fingerprint density at radius 2 is 2.15 bits per heavy atom. The van der Waals surface area contributed by atoms with Crippen LogP contribution in [0.5, 0.6) is 0 Å². The lowest BCUT2D eigenvalue weighted by Gasteiger charge is -2.23. The van der Waals surface area contributed by atoms with Gasteiger partial charge in [0.2, 0.25) is 5.91 Å². The van der Waals surface area contributed by atoms with Crippen molar-refractivity contribution in [2.45, 2.75) is 32.7 Å². The standard InChI is InChI=1S/C16H19ClN2O/c1-16(2,9-17)15(20)18-10-7-12-11-5-3-4-6-13(11)19-14(12)8-10/h3-6,10,19H,7-9H2,1-2H3,(H,18,20). The fourth-order valence-electron chi connectivity index (χ4n) is 2.77. The molecule has 0 spiro atoms. The Bertz CT molecular complexity index is 660. The zero-order valence-electron chi connectivity index (χ0n) is 11.8. The van der Waals surface area contributed by atoms with E-state index in [1.54, 1.807) is 0 Å². The van der Waals surface area contributed by atoms with Crippen LogP contribution in [-0.2, 0) is 17.6 Å². The summed E-state index contributed by atoms with van der Waals surface area (Å²) in [5.74, 6) is 0.367. The van der Waals surface area contributed by atoms with Crippen molar-refractivity contribution in [3.05, 3.63) is 35.5 Å². The maximum absolute atomic E-state index is 12.2. The first-order valence-corrected chi connectivity index (χ1v) is 7.50. The van der Waals surface area contributed by atoms with Crippen LogP contribution < -0.4 is 5.32 Å². The summed E-state index contributed by atoms with van der Waals surface area (Å²) in [6.45, 7) is 3.75. The Hall–Kier alpha value is -1.48. The summed E-state index contributed by atoms with van der Waals surface area (Å²) in [5, 5.41) is 4.40. The number of aromatic nitrogens is 1. The second-order valence-electron chi connectivity index (χ2n) is 6.22. The number of para-hydroxylation sites is 1. The van der Waals surface area contributed by atoms with E-state index in [0.717, 1.165) is 12.8 Å². The van der Waals surface area contributed by atoms with Crippen LogP contribution in [0.15, 0.2) is 24.3 Å². The predicted molar refractivity (Wildman–Crippen MR) is 82.1 cm³/mol. The summed E-state index contributed by atoms with van der Waals surface area (Å²) in [5.41, 5.74) is 3.26. The maximum atomic E-state index is 12.2. The summed E-state index contributed by atoms with van der Waals surface area (Å²) in [6, 6.07) is 8.50. The minimum atomic E-state index is -0.514. The Morgan fingerprint density at radius 3 is 2.90 bits per heavy atom. The molecule has 4 heteroatoms. The van der Waals surface area contributed by atoms with Gasteiger partial charge in [-0.1, -0.05) is 18.2 Å². The van der Waals surface area contributed by atoms with Crippen molar-refractivity contribution in [1.29, 1.82) is 0 Å². The molecule has 2 aromatic rings. The number of alkyl halides is 1. The van der Waals surface area contributed by atoms with Gasteiger partial charge in [-0.3, -0.25) is 4.79 Å². The Morgan fingerprint density at radius 1 is 1.40 bits per heavy atom. The fourth-order valence-corrected chi connectivity index (χ4v) is 2.89. The topological polar surface area (TPSA) is 44.9 Å². The highest BCUT2D eigenvalue weighted by molar-refractivity contribution is 6.19. The molecule has 1 heterocycles. The molecule has 20 heavy (non-hydrogen) atoms. The summed E-state index contributed by atoms with van der Waals surface area (Å²) >= 11 is 5.85. The maximum Gasteiger partial charge on any atom is 0.227 e. The van der Waals surface area contributed by atoms with Crippen LogP contribution in [0.2, 0.25) is 0 Å². The van der Waals surface area contributed by atoms with Gasteiger partial charge in [-0.05, 0) is 31.9 Å². The number of carbonyl (C=O) groups is 1. The average molecular weight is 291 g/mol. The van der Waals surface area contributed by atoms with Crippen molar-refractivity contribution in [1.82, 2.24) is 10.3 Å². The van der Waals surface area contributed by atoms with Gasteiger partial charge >= 0.3 is 0 Å². The third kappa shape index (κ3) is 2.20. The van der Waals surface area contributed by atoms with E-state index in [1.807, 2.05) is 19.9 Å². The van der Waals surface area contributed by atoms with Crippen LogP contribution in [0, 0.1) is 5.41 Å². The molecule has 1 aliphatic carbocycles. The highest BCUT2D eigenvalue weighted by Crippen LogP contribution is 2.30. The van der Waals surface area contributed by atoms with Crippen LogP contribution in [0.1, 0.15) is 25.1 Å². The molecule has 106 valence electrons. The second kappa shape index (κ2) is 4.81. The molecule has 2 N–H and O–H groups in total. The number of aromatic amines is 1. The minimum absolute atomic E-state index is 0.0342. The van der Waals surface area contributed by atoms with Gasteiger partial charge in [0.25, 0.3) is 0 Å². The van der Waals surface area contributed by atoms with Gasteiger partial charge < -0.3 is 10.3 Å². The van der Waals surface area contributed by atoms with Crippen molar-refractivity contribution in [3.63, 3.8) is 0 Å². The smallest absolute Gasteiger partial charge is 0.227 e. The molecule has 1 aliphatic rings. The van der Waals surface area contributed by atoms with E-state index in [9.17, 15) is 4.79 Å². The molecule has 3 rings (SSSR count). The molecule has 0 saturated carbocycles. The van der Waals surface area contributed by atoms with Crippen molar-refractivity contribution < 1.29 is 4.79 Å². The molecule has 3 nitrogen and oxygen atoms in total. The van der Waals surface area contributed by atoms with Gasteiger partial charge in [0.05, 0.1) is 5.41 Å². The Balaban J connectivity index is 1.76. The molecule has 1 unspecified atom stereocenters. The first-order chi connectivity index (χ1) is 9.51. The molecule has 0 bridgehead atoms. The third-order valence-electron chi connectivity index (χ3n) is 4.09. The molecule has 0 fully saturated rings. The normalized spacial score (nSPS) is 18.2. The quantitative estimate of drug-likeness (QED) is 0.839. The molecule has 0 aliphatic heterocycles. The highest BCUT2D eigenvalue weighted by atomic mass is 35.5. The first-order valence-electron chi connectivity index (χ1n) is 6.96. The van der Waals surface area contributed by atoms with E-state index >= 15 is 0 Å². The molecule has 1 atom stereocenters. The zero-order chi connectivity index (χ0) is 14.3. The van der Waals surface area contributed by atoms with Gasteiger partial charge in [-0.25, -0.2) is 0 Å². The summed E-state index contributed by atoms with van der Waals surface area (Å²) < 4.78 is 0. The van der Waals surface area contributed by atoms with Crippen LogP contribution in [0.4, 0.5) is 0 Å². The number of nitrogens with one attached hydrogen (secondary N) is 2.